The van der Waals surface area contributed by atoms with Crippen molar-refractivity contribution in [2.75, 3.05) is 19.8 Å². The van der Waals surface area contributed by atoms with Crippen molar-refractivity contribution in [2.24, 2.45) is 0 Å². The summed E-state index contributed by atoms with van der Waals surface area (Å²) in [5, 5.41) is 32.0. The van der Waals surface area contributed by atoms with Crippen molar-refractivity contribution in [2.45, 2.75) is 64.2 Å². The number of phenols is 1. The average Bonchev–Trinajstić information content (AvgIpc) is 2.76. The van der Waals surface area contributed by atoms with Crippen LogP contribution in [0.5, 0.6) is 5.75 Å². The first kappa shape index (κ1) is 24.4. The molecule has 0 unspecified atom stereocenters. The number of benzene rings is 2. The molecule has 0 spiro atoms. The molecule has 5 nitrogen and oxygen atoms in total. The third kappa shape index (κ3) is 10.2. The first-order chi connectivity index (χ1) is 14.7. The van der Waals surface area contributed by atoms with Crippen LogP contribution < -0.4 is 5.32 Å². The van der Waals surface area contributed by atoms with E-state index in [2.05, 4.69) is 35.6 Å². The van der Waals surface area contributed by atoms with Gasteiger partial charge in [-0.25, -0.2) is 0 Å². The molecule has 0 heterocycles. The fraction of sp³-hybridized carbons (Fsp3) is 0.520. The quantitative estimate of drug-likeness (QED) is 0.247. The van der Waals surface area contributed by atoms with E-state index in [0.29, 0.717) is 12.0 Å². The molecule has 0 saturated carbocycles. The standard InChI is InChI=1S/C25H37NO4/c27-20-23-18-22(13-14-24(23)28)19-25(29)26-15-7-1-2-8-16-30-17-9-6-12-21-10-4-3-5-11-21/h3-5,10-11,13-14,18,25-29H,1-2,6-9,12,15-17,19-20H2/t25-/m0/s1. The Morgan fingerprint density at radius 2 is 1.57 bits per heavy atom. The van der Waals surface area contributed by atoms with E-state index in [0.717, 1.165) is 63.8 Å². The lowest BCUT2D eigenvalue weighted by Crippen LogP contribution is -2.31. The molecule has 0 radical (unpaired) electrons. The highest BCUT2D eigenvalue weighted by atomic mass is 16.5. The number of aryl methyl sites for hydroxylation is 1. The lowest BCUT2D eigenvalue weighted by Gasteiger charge is -2.14. The molecule has 5 heteroatoms. The summed E-state index contributed by atoms with van der Waals surface area (Å²) in [5.74, 6) is 0.0832. The van der Waals surface area contributed by atoms with Gasteiger partial charge in [0, 0.05) is 25.2 Å². The minimum Gasteiger partial charge on any atom is -0.508 e. The summed E-state index contributed by atoms with van der Waals surface area (Å²) in [4.78, 5) is 0. The fourth-order valence-electron chi connectivity index (χ4n) is 3.42. The Balaban J connectivity index is 1.39. The lowest BCUT2D eigenvalue weighted by atomic mass is 10.1. The average molecular weight is 416 g/mol. The number of nitrogens with one attached hydrogen (secondary N) is 1. The largest absolute Gasteiger partial charge is 0.508 e. The smallest absolute Gasteiger partial charge is 0.121 e. The number of aliphatic hydroxyl groups is 2. The van der Waals surface area contributed by atoms with E-state index in [1.54, 1.807) is 18.2 Å². The van der Waals surface area contributed by atoms with E-state index < -0.39 is 6.23 Å². The van der Waals surface area contributed by atoms with Crippen LogP contribution in [0.4, 0.5) is 0 Å². The monoisotopic (exact) mass is 415 g/mol. The van der Waals surface area contributed by atoms with E-state index in [4.69, 9.17) is 4.74 Å². The molecule has 0 aliphatic carbocycles. The van der Waals surface area contributed by atoms with Crippen molar-refractivity contribution in [1.82, 2.24) is 5.32 Å². The van der Waals surface area contributed by atoms with E-state index in [1.807, 2.05) is 0 Å². The second-order valence-corrected chi connectivity index (χ2v) is 7.76. The molecular weight excluding hydrogens is 378 g/mol. The lowest BCUT2D eigenvalue weighted by molar-refractivity contribution is 0.125. The Morgan fingerprint density at radius 3 is 2.33 bits per heavy atom. The van der Waals surface area contributed by atoms with Gasteiger partial charge in [0.15, 0.2) is 0 Å². The Morgan fingerprint density at radius 1 is 0.833 bits per heavy atom. The van der Waals surface area contributed by atoms with Crippen molar-refractivity contribution in [1.29, 1.82) is 0 Å². The highest BCUT2D eigenvalue weighted by molar-refractivity contribution is 5.35. The highest BCUT2D eigenvalue weighted by Gasteiger charge is 2.07. The molecule has 0 aliphatic heterocycles. The van der Waals surface area contributed by atoms with Gasteiger partial charge in [-0.2, -0.15) is 0 Å². The molecule has 0 amide bonds. The normalized spacial score (nSPS) is 12.2. The summed E-state index contributed by atoms with van der Waals surface area (Å²) in [6.07, 6.45) is 7.58. The minimum atomic E-state index is -0.625. The maximum Gasteiger partial charge on any atom is 0.121 e. The number of rotatable bonds is 16. The molecule has 0 bridgehead atoms. The van der Waals surface area contributed by atoms with Crippen LogP contribution in [0.25, 0.3) is 0 Å². The summed E-state index contributed by atoms with van der Waals surface area (Å²) in [7, 11) is 0. The summed E-state index contributed by atoms with van der Waals surface area (Å²) in [6, 6.07) is 15.6. The Bertz CT molecular complexity index is 693. The molecule has 0 aromatic heterocycles. The second kappa shape index (κ2) is 15.0. The number of aliphatic hydroxyl groups excluding tert-OH is 2. The van der Waals surface area contributed by atoms with Gasteiger partial charge in [-0.3, -0.25) is 5.32 Å². The van der Waals surface area contributed by atoms with Crippen LogP contribution in [0.15, 0.2) is 48.5 Å². The molecule has 30 heavy (non-hydrogen) atoms. The molecule has 0 aliphatic rings. The molecule has 1 atom stereocenters. The number of ether oxygens (including phenoxy) is 1. The van der Waals surface area contributed by atoms with Gasteiger partial charge in [-0.15, -0.1) is 0 Å². The van der Waals surface area contributed by atoms with Crippen LogP contribution in [-0.4, -0.2) is 41.3 Å². The summed E-state index contributed by atoms with van der Waals surface area (Å²) < 4.78 is 5.72. The highest BCUT2D eigenvalue weighted by Crippen LogP contribution is 2.19. The van der Waals surface area contributed by atoms with E-state index >= 15 is 0 Å². The Hall–Kier alpha value is -1.92. The van der Waals surface area contributed by atoms with Crippen molar-refractivity contribution < 1.29 is 20.1 Å². The van der Waals surface area contributed by atoms with Gasteiger partial charge in [-0.05, 0) is 61.9 Å². The maximum absolute atomic E-state index is 10.1. The molecular formula is C25H37NO4. The van der Waals surface area contributed by atoms with Gasteiger partial charge in [0.1, 0.15) is 12.0 Å². The van der Waals surface area contributed by atoms with Crippen molar-refractivity contribution >= 4 is 0 Å². The molecule has 0 fully saturated rings. The van der Waals surface area contributed by atoms with Crippen molar-refractivity contribution in [3.05, 3.63) is 65.2 Å². The molecule has 4 N–H and O–H groups in total. The minimum absolute atomic E-state index is 0.0832. The Labute approximate surface area is 180 Å². The van der Waals surface area contributed by atoms with Crippen LogP contribution in [-0.2, 0) is 24.2 Å². The van der Waals surface area contributed by atoms with E-state index in [1.165, 1.54) is 12.0 Å². The van der Waals surface area contributed by atoms with E-state index in [9.17, 15) is 15.3 Å². The molecule has 0 saturated heterocycles. The van der Waals surface area contributed by atoms with Gasteiger partial charge in [0.2, 0.25) is 0 Å². The second-order valence-electron chi connectivity index (χ2n) is 7.76. The molecule has 166 valence electrons. The van der Waals surface area contributed by atoms with Gasteiger partial charge in [0.05, 0.1) is 6.61 Å². The zero-order chi connectivity index (χ0) is 21.4. The number of hydrogen-bond acceptors (Lipinski definition) is 5. The SMILES string of the molecule is OCc1cc(C[C@H](O)NCCCCCCOCCCCc2ccccc2)ccc1O. The number of aromatic hydroxyl groups is 1. The van der Waals surface area contributed by atoms with Gasteiger partial charge in [-0.1, -0.05) is 49.2 Å². The summed E-state index contributed by atoms with van der Waals surface area (Å²) in [5.41, 5.74) is 2.77. The van der Waals surface area contributed by atoms with Crippen LogP contribution in [0.3, 0.4) is 0 Å². The van der Waals surface area contributed by atoms with Gasteiger partial charge in [0.25, 0.3) is 0 Å². The summed E-state index contributed by atoms with van der Waals surface area (Å²) in [6.45, 7) is 2.23. The Kier molecular flexibility index (Phi) is 12.1. The van der Waals surface area contributed by atoms with Gasteiger partial charge >= 0.3 is 0 Å². The van der Waals surface area contributed by atoms with Crippen LogP contribution >= 0.6 is 0 Å². The van der Waals surface area contributed by atoms with Crippen LogP contribution in [0.1, 0.15) is 55.2 Å². The number of hydrogen-bond donors (Lipinski definition) is 4. The maximum atomic E-state index is 10.1. The third-order valence-corrected chi connectivity index (χ3v) is 5.19. The zero-order valence-corrected chi connectivity index (χ0v) is 17.9. The van der Waals surface area contributed by atoms with E-state index in [-0.39, 0.29) is 12.4 Å². The number of unbranched alkanes of at least 4 members (excludes halogenated alkanes) is 4. The first-order valence-corrected chi connectivity index (χ1v) is 11.1. The van der Waals surface area contributed by atoms with Gasteiger partial charge < -0.3 is 20.1 Å². The van der Waals surface area contributed by atoms with Crippen molar-refractivity contribution in [3.63, 3.8) is 0 Å². The first-order valence-electron chi connectivity index (χ1n) is 11.1. The zero-order valence-electron chi connectivity index (χ0n) is 17.9. The third-order valence-electron chi connectivity index (χ3n) is 5.19. The van der Waals surface area contributed by atoms with Crippen LogP contribution in [0, 0.1) is 0 Å². The predicted molar refractivity (Wildman–Crippen MR) is 120 cm³/mol. The molecule has 2 aromatic rings. The fourth-order valence-corrected chi connectivity index (χ4v) is 3.42. The summed E-state index contributed by atoms with van der Waals surface area (Å²) >= 11 is 0. The topological polar surface area (TPSA) is 82.0 Å². The van der Waals surface area contributed by atoms with Crippen LogP contribution in [0.2, 0.25) is 0 Å². The molecule has 2 rings (SSSR count). The predicted octanol–water partition coefficient (Wildman–Crippen LogP) is 3.93. The molecule has 2 aromatic carbocycles. The van der Waals surface area contributed by atoms with Crippen molar-refractivity contribution in [3.8, 4) is 5.75 Å².